The average molecular weight is 527 g/mol. The van der Waals surface area contributed by atoms with Gasteiger partial charge in [-0.15, -0.1) is 0 Å². The zero-order chi connectivity index (χ0) is 26.8. The molecule has 1 aromatic heterocycles. The molecule has 5 rings (SSSR count). The monoisotopic (exact) mass is 526 g/mol. The number of hydrogen-bond donors (Lipinski definition) is 1. The fourth-order valence-electron chi connectivity index (χ4n) is 4.28. The lowest BCUT2D eigenvalue weighted by molar-refractivity contribution is -0.384. The van der Waals surface area contributed by atoms with Gasteiger partial charge in [0.05, 0.1) is 33.9 Å². The van der Waals surface area contributed by atoms with Crippen LogP contribution in [0.1, 0.15) is 24.1 Å². The summed E-state index contributed by atoms with van der Waals surface area (Å²) in [5.41, 5.74) is 2.50. The van der Waals surface area contributed by atoms with E-state index in [1.54, 1.807) is 56.5 Å². The number of nitro benzene ring substituents is 1. The molecule has 0 spiro atoms. The number of benzene rings is 3. The summed E-state index contributed by atoms with van der Waals surface area (Å²) in [6, 6.07) is 21.5. The number of nitrogens with one attached hydrogen (secondary N) is 1. The van der Waals surface area contributed by atoms with Crippen LogP contribution >= 0.6 is 11.3 Å². The van der Waals surface area contributed by atoms with E-state index in [9.17, 15) is 19.7 Å². The first-order chi connectivity index (χ1) is 18.4. The van der Waals surface area contributed by atoms with Gasteiger partial charge in [-0.1, -0.05) is 41.7 Å². The van der Waals surface area contributed by atoms with Crippen molar-refractivity contribution in [2.45, 2.75) is 13.0 Å². The van der Waals surface area contributed by atoms with Crippen molar-refractivity contribution in [2.24, 2.45) is 4.99 Å². The molecule has 190 valence electrons. The van der Waals surface area contributed by atoms with Crippen LogP contribution in [0.15, 0.2) is 99.9 Å². The van der Waals surface area contributed by atoms with Crippen LogP contribution < -0.4 is 24.9 Å². The number of allylic oxidation sites excluding steroid dienone is 1. The molecule has 2 heterocycles. The topological polar surface area (TPSA) is 116 Å². The van der Waals surface area contributed by atoms with Crippen LogP contribution in [-0.2, 0) is 4.79 Å². The molecule has 1 aliphatic rings. The Hall–Kier alpha value is -4.83. The van der Waals surface area contributed by atoms with Crippen LogP contribution in [0.4, 0.5) is 11.4 Å². The summed E-state index contributed by atoms with van der Waals surface area (Å²) in [4.78, 5) is 42.9. The second kappa shape index (κ2) is 10.3. The number of anilines is 1. The van der Waals surface area contributed by atoms with Crippen molar-refractivity contribution in [3.8, 4) is 5.75 Å². The van der Waals surface area contributed by atoms with Crippen LogP contribution in [0.25, 0.3) is 6.08 Å². The summed E-state index contributed by atoms with van der Waals surface area (Å²) in [7, 11) is 1.57. The highest BCUT2D eigenvalue weighted by Crippen LogP contribution is 2.31. The van der Waals surface area contributed by atoms with Gasteiger partial charge in [0.1, 0.15) is 5.75 Å². The van der Waals surface area contributed by atoms with Gasteiger partial charge in [-0.05, 0) is 60.5 Å². The smallest absolute Gasteiger partial charge is 0.271 e. The van der Waals surface area contributed by atoms with E-state index in [1.165, 1.54) is 28.0 Å². The van der Waals surface area contributed by atoms with Gasteiger partial charge in [0.2, 0.25) is 0 Å². The van der Waals surface area contributed by atoms with Crippen LogP contribution in [0.3, 0.4) is 0 Å². The molecule has 1 amide bonds. The van der Waals surface area contributed by atoms with E-state index in [4.69, 9.17) is 4.74 Å². The molecule has 9 nitrogen and oxygen atoms in total. The molecule has 0 fully saturated rings. The molecule has 1 atom stereocenters. The number of thiazole rings is 1. The number of carbonyl (C=O) groups is 1. The predicted molar refractivity (Wildman–Crippen MR) is 145 cm³/mol. The largest absolute Gasteiger partial charge is 0.497 e. The van der Waals surface area contributed by atoms with Crippen molar-refractivity contribution < 1.29 is 14.5 Å². The number of ether oxygens (including phenoxy) is 1. The van der Waals surface area contributed by atoms with Gasteiger partial charge < -0.3 is 10.1 Å². The van der Waals surface area contributed by atoms with Gasteiger partial charge in [-0.2, -0.15) is 0 Å². The molecule has 1 aliphatic heterocycles. The van der Waals surface area contributed by atoms with Crippen molar-refractivity contribution >= 4 is 34.7 Å². The SMILES string of the molecule is COc1ccc(C2C(C(=O)Nc3ccccc3)=C(C)N=c3sc(=Cc4ccc([N+](=O)[O-])cc4)c(=O)n32)cc1. The Morgan fingerprint density at radius 3 is 2.39 bits per heavy atom. The molecule has 0 saturated carbocycles. The maximum atomic E-state index is 13.7. The summed E-state index contributed by atoms with van der Waals surface area (Å²) in [6.45, 7) is 1.75. The van der Waals surface area contributed by atoms with Gasteiger partial charge >= 0.3 is 0 Å². The van der Waals surface area contributed by atoms with E-state index < -0.39 is 11.0 Å². The highest BCUT2D eigenvalue weighted by Gasteiger charge is 2.32. The third kappa shape index (κ3) is 4.76. The fourth-order valence-corrected chi connectivity index (χ4v) is 5.32. The van der Waals surface area contributed by atoms with Crippen LogP contribution in [0.5, 0.6) is 5.75 Å². The molecular formula is C28H22N4O5S. The minimum Gasteiger partial charge on any atom is -0.497 e. The molecule has 4 aromatic rings. The van der Waals surface area contributed by atoms with Gasteiger partial charge in [-0.25, -0.2) is 4.99 Å². The van der Waals surface area contributed by atoms with Gasteiger partial charge in [0, 0.05) is 17.8 Å². The highest BCUT2D eigenvalue weighted by molar-refractivity contribution is 7.07. The summed E-state index contributed by atoms with van der Waals surface area (Å²) >= 11 is 1.20. The zero-order valence-corrected chi connectivity index (χ0v) is 21.3. The first-order valence-electron chi connectivity index (χ1n) is 11.6. The number of hydrogen-bond acceptors (Lipinski definition) is 7. The zero-order valence-electron chi connectivity index (χ0n) is 20.5. The number of carbonyl (C=O) groups excluding carboxylic acids is 1. The van der Waals surface area contributed by atoms with Crippen molar-refractivity contribution in [1.82, 2.24) is 4.57 Å². The van der Waals surface area contributed by atoms with Crippen molar-refractivity contribution in [3.63, 3.8) is 0 Å². The van der Waals surface area contributed by atoms with Gasteiger partial charge in [0.15, 0.2) is 4.80 Å². The Bertz CT molecular complexity index is 1740. The van der Waals surface area contributed by atoms with E-state index in [1.807, 2.05) is 30.3 Å². The number of nitrogens with zero attached hydrogens (tertiary/aromatic N) is 3. The average Bonchev–Trinajstić information content (AvgIpc) is 3.22. The van der Waals surface area contributed by atoms with Crippen LogP contribution in [0, 0.1) is 10.1 Å². The highest BCUT2D eigenvalue weighted by atomic mass is 32.1. The number of nitro groups is 1. The van der Waals surface area contributed by atoms with Crippen LogP contribution in [0.2, 0.25) is 0 Å². The third-order valence-corrected chi connectivity index (χ3v) is 7.11. The molecule has 0 saturated heterocycles. The van der Waals surface area contributed by atoms with Gasteiger partial charge in [-0.3, -0.25) is 24.3 Å². The van der Waals surface area contributed by atoms with E-state index in [0.29, 0.717) is 37.6 Å². The molecule has 1 unspecified atom stereocenters. The normalized spacial score (nSPS) is 15.0. The summed E-state index contributed by atoms with van der Waals surface area (Å²) in [5.74, 6) is 0.290. The first-order valence-corrected chi connectivity index (χ1v) is 12.4. The van der Waals surface area contributed by atoms with E-state index >= 15 is 0 Å². The summed E-state index contributed by atoms with van der Waals surface area (Å²) in [5, 5.41) is 13.9. The van der Waals surface area contributed by atoms with Crippen molar-refractivity contribution in [2.75, 3.05) is 12.4 Å². The maximum Gasteiger partial charge on any atom is 0.271 e. The fraction of sp³-hybridized carbons (Fsp3) is 0.107. The van der Waals surface area contributed by atoms with Crippen molar-refractivity contribution in [1.29, 1.82) is 0 Å². The molecule has 38 heavy (non-hydrogen) atoms. The number of aromatic nitrogens is 1. The first kappa shape index (κ1) is 24.8. The Morgan fingerprint density at radius 1 is 1.08 bits per heavy atom. The molecule has 0 radical (unpaired) electrons. The summed E-state index contributed by atoms with van der Waals surface area (Å²) < 4.78 is 7.22. The lowest BCUT2D eigenvalue weighted by Gasteiger charge is -2.25. The Kier molecular flexibility index (Phi) is 6.71. The Balaban J connectivity index is 1.64. The maximum absolute atomic E-state index is 13.7. The van der Waals surface area contributed by atoms with E-state index in [0.717, 1.165) is 5.56 Å². The Morgan fingerprint density at radius 2 is 1.76 bits per heavy atom. The number of rotatable bonds is 6. The number of non-ortho nitro benzene ring substituents is 1. The van der Waals surface area contributed by atoms with Crippen LogP contribution in [-0.4, -0.2) is 22.5 Å². The predicted octanol–water partition coefficient (Wildman–Crippen LogP) is 3.79. The molecule has 0 aliphatic carbocycles. The number of para-hydroxylation sites is 1. The lowest BCUT2D eigenvalue weighted by atomic mass is 9.95. The Labute approximate surface area is 220 Å². The van der Waals surface area contributed by atoms with Gasteiger partial charge in [0.25, 0.3) is 17.2 Å². The van der Waals surface area contributed by atoms with E-state index in [-0.39, 0.29) is 17.2 Å². The quantitative estimate of drug-likeness (QED) is 0.303. The standard InChI is InChI=1S/C28H22N4O5S/c1-17-24(26(33)30-20-6-4-3-5-7-20)25(19-10-14-22(37-2)15-11-19)31-27(34)23(38-28(31)29-17)16-18-8-12-21(13-9-18)32(35)36/h3-16,25H,1-2H3,(H,30,33). The van der Waals surface area contributed by atoms with E-state index in [2.05, 4.69) is 10.3 Å². The second-order valence-corrected chi connectivity index (χ2v) is 9.53. The molecular weight excluding hydrogens is 504 g/mol. The number of amides is 1. The lowest BCUT2D eigenvalue weighted by Crippen LogP contribution is -2.40. The number of methoxy groups -OCH3 is 1. The molecule has 3 aromatic carbocycles. The minimum absolute atomic E-state index is 0.0344. The minimum atomic E-state index is -0.722. The second-order valence-electron chi connectivity index (χ2n) is 8.52. The summed E-state index contributed by atoms with van der Waals surface area (Å²) in [6.07, 6.45) is 1.67. The molecule has 1 N–H and O–H groups in total. The van der Waals surface area contributed by atoms with Crippen molar-refractivity contribution in [3.05, 3.63) is 131 Å². The number of fused-ring (bicyclic) bond motifs is 1. The molecule has 0 bridgehead atoms. The molecule has 10 heteroatoms. The third-order valence-electron chi connectivity index (χ3n) is 6.13.